The van der Waals surface area contributed by atoms with Crippen LogP contribution in [0.25, 0.3) is 0 Å². The molecule has 1 aromatic carbocycles. The molecule has 0 spiro atoms. The van der Waals surface area contributed by atoms with Crippen LogP contribution in [-0.2, 0) is 4.79 Å². The van der Waals surface area contributed by atoms with Gasteiger partial charge in [-0.2, -0.15) is 0 Å². The van der Waals surface area contributed by atoms with Crippen LogP contribution in [0.4, 0.5) is 4.39 Å². The predicted octanol–water partition coefficient (Wildman–Crippen LogP) is 2.92. The fourth-order valence-corrected chi connectivity index (χ4v) is 3.92. The van der Waals surface area contributed by atoms with Gasteiger partial charge in [-0.15, -0.1) is 0 Å². The summed E-state index contributed by atoms with van der Waals surface area (Å²) in [7, 11) is 0. The summed E-state index contributed by atoms with van der Waals surface area (Å²) in [5.41, 5.74) is 0. The Labute approximate surface area is 129 Å². The molecule has 22 heavy (non-hydrogen) atoms. The summed E-state index contributed by atoms with van der Waals surface area (Å²) in [6, 6.07) is 5.91. The Morgan fingerprint density at radius 1 is 1.27 bits per heavy atom. The third-order valence-corrected chi connectivity index (χ3v) is 4.94. The van der Waals surface area contributed by atoms with Gasteiger partial charge in [0.2, 0.25) is 0 Å². The molecule has 1 N–H and O–H groups in total. The van der Waals surface area contributed by atoms with Crippen LogP contribution < -0.4 is 4.74 Å². The molecule has 2 fully saturated rings. The molecular formula is C17H22FNO3. The van der Waals surface area contributed by atoms with Gasteiger partial charge in [0.1, 0.15) is 24.2 Å². The summed E-state index contributed by atoms with van der Waals surface area (Å²) in [6.07, 6.45) is 5.39. The number of rotatable bonds is 5. The van der Waals surface area contributed by atoms with Crippen molar-refractivity contribution in [3.63, 3.8) is 0 Å². The molecule has 3 rings (SSSR count). The molecule has 1 heterocycles. The molecule has 3 atom stereocenters. The second-order valence-corrected chi connectivity index (χ2v) is 6.24. The van der Waals surface area contributed by atoms with Gasteiger partial charge in [-0.3, -0.25) is 9.69 Å². The van der Waals surface area contributed by atoms with Gasteiger partial charge in [-0.1, -0.05) is 12.8 Å². The highest BCUT2D eigenvalue weighted by Gasteiger charge is 2.44. The number of ether oxygens (including phenoxy) is 1. The molecule has 0 bridgehead atoms. The molecule has 2 aliphatic rings. The average Bonchev–Trinajstić information content (AvgIpc) is 2.89. The number of carboxylic acid groups (broad SMARTS) is 1. The highest BCUT2D eigenvalue weighted by molar-refractivity contribution is 5.74. The van der Waals surface area contributed by atoms with E-state index < -0.39 is 5.97 Å². The molecule has 120 valence electrons. The Balaban J connectivity index is 1.59. The number of carboxylic acids is 1. The van der Waals surface area contributed by atoms with Crippen molar-refractivity contribution < 1.29 is 19.0 Å². The predicted molar refractivity (Wildman–Crippen MR) is 80.4 cm³/mol. The van der Waals surface area contributed by atoms with Crippen LogP contribution in [-0.4, -0.2) is 41.2 Å². The lowest BCUT2D eigenvalue weighted by molar-refractivity contribution is -0.142. The Bertz CT molecular complexity index is 519. The van der Waals surface area contributed by atoms with Crippen LogP contribution >= 0.6 is 0 Å². The van der Waals surface area contributed by atoms with Crippen LogP contribution in [0.2, 0.25) is 0 Å². The number of carbonyl (C=O) groups is 1. The molecule has 0 radical (unpaired) electrons. The monoisotopic (exact) mass is 307 g/mol. The first-order valence-electron chi connectivity index (χ1n) is 8.02. The largest absolute Gasteiger partial charge is 0.492 e. The first kappa shape index (κ1) is 15.3. The number of aliphatic carboxylic acids is 1. The number of halogens is 1. The Morgan fingerprint density at radius 3 is 2.73 bits per heavy atom. The lowest BCUT2D eigenvalue weighted by Crippen LogP contribution is -2.44. The third kappa shape index (κ3) is 3.24. The van der Waals surface area contributed by atoms with Gasteiger partial charge in [-0.05, 0) is 49.4 Å². The standard InChI is InChI=1S/C17H22FNO3/c18-13-5-7-14(8-6-13)22-10-9-19-15-4-2-1-3-12(15)11-16(19)17(20)21/h5-8,12,15-16H,1-4,9-11H2,(H,20,21)/t12-,15+,16-/m0/s1. The minimum Gasteiger partial charge on any atom is -0.492 e. The molecular weight excluding hydrogens is 285 g/mol. The van der Waals surface area contributed by atoms with E-state index in [1.807, 2.05) is 0 Å². The molecule has 0 aromatic heterocycles. The molecule has 1 aliphatic heterocycles. The smallest absolute Gasteiger partial charge is 0.320 e. The summed E-state index contributed by atoms with van der Waals surface area (Å²) >= 11 is 0. The Morgan fingerprint density at radius 2 is 2.00 bits per heavy atom. The molecule has 5 heteroatoms. The number of hydrogen-bond donors (Lipinski definition) is 1. The number of nitrogens with zero attached hydrogens (tertiary/aromatic N) is 1. The quantitative estimate of drug-likeness (QED) is 0.908. The van der Waals surface area contributed by atoms with Gasteiger partial charge >= 0.3 is 5.97 Å². The summed E-state index contributed by atoms with van der Waals surface area (Å²) < 4.78 is 18.5. The minimum atomic E-state index is -0.726. The van der Waals surface area contributed by atoms with Crippen LogP contribution in [0.15, 0.2) is 24.3 Å². The SMILES string of the molecule is O=C(O)[C@@H]1C[C@@H]2CCCC[C@H]2N1CCOc1ccc(F)cc1. The highest BCUT2D eigenvalue weighted by atomic mass is 19.1. The van der Waals surface area contributed by atoms with Gasteiger partial charge in [0.05, 0.1) is 0 Å². The highest BCUT2D eigenvalue weighted by Crippen LogP contribution is 2.39. The molecule has 1 aromatic rings. The second-order valence-electron chi connectivity index (χ2n) is 6.24. The van der Waals surface area contributed by atoms with E-state index >= 15 is 0 Å². The fraction of sp³-hybridized carbons (Fsp3) is 0.588. The maximum absolute atomic E-state index is 12.9. The van der Waals surface area contributed by atoms with Crippen LogP contribution in [0.5, 0.6) is 5.75 Å². The van der Waals surface area contributed by atoms with Gasteiger partial charge in [0.25, 0.3) is 0 Å². The van der Waals surface area contributed by atoms with Crippen molar-refractivity contribution in [2.75, 3.05) is 13.2 Å². The zero-order chi connectivity index (χ0) is 15.5. The molecule has 1 aliphatic carbocycles. The Kier molecular flexibility index (Phi) is 4.62. The first-order chi connectivity index (χ1) is 10.6. The van der Waals surface area contributed by atoms with E-state index in [0.29, 0.717) is 30.9 Å². The topological polar surface area (TPSA) is 49.8 Å². The zero-order valence-electron chi connectivity index (χ0n) is 12.6. The van der Waals surface area contributed by atoms with E-state index in [4.69, 9.17) is 4.74 Å². The molecule has 1 saturated carbocycles. The molecule has 1 saturated heterocycles. The lowest BCUT2D eigenvalue weighted by Gasteiger charge is -2.32. The zero-order valence-corrected chi connectivity index (χ0v) is 12.6. The van der Waals surface area contributed by atoms with Crippen molar-refractivity contribution in [3.05, 3.63) is 30.1 Å². The van der Waals surface area contributed by atoms with Gasteiger partial charge < -0.3 is 9.84 Å². The fourth-order valence-electron chi connectivity index (χ4n) is 3.92. The van der Waals surface area contributed by atoms with Crippen molar-refractivity contribution in [1.29, 1.82) is 0 Å². The number of fused-ring (bicyclic) bond motifs is 1. The molecule has 4 nitrogen and oxygen atoms in total. The molecule has 0 amide bonds. The van der Waals surface area contributed by atoms with E-state index in [2.05, 4.69) is 4.90 Å². The minimum absolute atomic E-state index is 0.289. The van der Waals surface area contributed by atoms with Crippen molar-refractivity contribution in [2.24, 2.45) is 5.92 Å². The summed E-state index contributed by atoms with van der Waals surface area (Å²) in [6.45, 7) is 1.04. The number of hydrogen-bond acceptors (Lipinski definition) is 3. The lowest BCUT2D eigenvalue weighted by atomic mass is 9.85. The first-order valence-corrected chi connectivity index (χ1v) is 8.02. The summed E-state index contributed by atoms with van der Waals surface area (Å²) in [5.74, 6) is 0.118. The van der Waals surface area contributed by atoms with Gasteiger partial charge in [-0.25, -0.2) is 4.39 Å². The van der Waals surface area contributed by atoms with Gasteiger partial charge in [0.15, 0.2) is 0 Å². The average molecular weight is 307 g/mol. The van der Waals surface area contributed by atoms with E-state index in [1.54, 1.807) is 12.1 Å². The van der Waals surface area contributed by atoms with Crippen LogP contribution in [0.3, 0.4) is 0 Å². The molecule has 0 unspecified atom stereocenters. The van der Waals surface area contributed by atoms with Crippen molar-refractivity contribution >= 4 is 5.97 Å². The van der Waals surface area contributed by atoms with Gasteiger partial charge in [0, 0.05) is 12.6 Å². The van der Waals surface area contributed by atoms with Crippen molar-refractivity contribution in [2.45, 2.75) is 44.2 Å². The van der Waals surface area contributed by atoms with Crippen molar-refractivity contribution in [1.82, 2.24) is 4.90 Å². The van der Waals surface area contributed by atoms with Crippen LogP contribution in [0, 0.1) is 11.7 Å². The van der Waals surface area contributed by atoms with Crippen molar-refractivity contribution in [3.8, 4) is 5.75 Å². The van der Waals surface area contributed by atoms with E-state index in [9.17, 15) is 14.3 Å². The third-order valence-electron chi connectivity index (χ3n) is 4.94. The summed E-state index contributed by atoms with van der Waals surface area (Å²) in [4.78, 5) is 13.6. The summed E-state index contributed by atoms with van der Waals surface area (Å²) in [5, 5.41) is 9.45. The second kappa shape index (κ2) is 6.65. The number of likely N-dealkylation sites (tertiary alicyclic amines) is 1. The maximum atomic E-state index is 12.9. The van der Waals surface area contributed by atoms with E-state index in [-0.39, 0.29) is 11.9 Å². The van der Waals surface area contributed by atoms with Crippen LogP contribution in [0.1, 0.15) is 32.1 Å². The maximum Gasteiger partial charge on any atom is 0.320 e. The van der Waals surface area contributed by atoms with E-state index in [1.165, 1.54) is 25.0 Å². The normalized spacial score (nSPS) is 28.3. The Hall–Kier alpha value is -1.62. The number of benzene rings is 1. The van der Waals surface area contributed by atoms with E-state index in [0.717, 1.165) is 19.3 Å².